The Labute approximate surface area is 188 Å². The van der Waals surface area contributed by atoms with Crippen molar-refractivity contribution in [1.29, 1.82) is 0 Å². The second-order valence-corrected chi connectivity index (χ2v) is 8.98. The number of halogens is 3. The molecule has 33 heavy (non-hydrogen) atoms. The van der Waals surface area contributed by atoms with Crippen molar-refractivity contribution in [2.24, 2.45) is 5.41 Å². The molecule has 1 aromatic carbocycles. The number of alkyl halides is 3. The first-order valence-corrected chi connectivity index (χ1v) is 10.7. The first-order valence-electron chi connectivity index (χ1n) is 10.7. The summed E-state index contributed by atoms with van der Waals surface area (Å²) in [6.45, 7) is 5.71. The maximum absolute atomic E-state index is 13.1. The summed E-state index contributed by atoms with van der Waals surface area (Å²) in [5, 5.41) is 6.89. The van der Waals surface area contributed by atoms with Crippen LogP contribution < -0.4 is 15.5 Å². The van der Waals surface area contributed by atoms with Gasteiger partial charge in [-0.15, -0.1) is 0 Å². The number of anilines is 2. The molecular weight excluding hydrogens is 433 g/mol. The highest BCUT2D eigenvalue weighted by molar-refractivity contribution is 5.91. The summed E-state index contributed by atoms with van der Waals surface area (Å²) < 4.78 is 39.4. The van der Waals surface area contributed by atoms with E-state index in [0.717, 1.165) is 36.4 Å². The van der Waals surface area contributed by atoms with E-state index in [2.05, 4.69) is 30.5 Å². The zero-order valence-electron chi connectivity index (χ0n) is 18.2. The molecule has 2 aliphatic rings. The molecule has 2 N–H and O–H groups in total. The highest BCUT2D eigenvalue weighted by atomic mass is 19.4. The quantitative estimate of drug-likeness (QED) is 0.621. The van der Waals surface area contributed by atoms with Crippen LogP contribution in [0, 0.1) is 12.3 Å². The van der Waals surface area contributed by atoms with Crippen LogP contribution in [-0.2, 0) is 11.0 Å². The molecule has 2 aromatic heterocycles. The van der Waals surface area contributed by atoms with Crippen molar-refractivity contribution in [3.63, 3.8) is 0 Å². The van der Waals surface area contributed by atoms with E-state index in [9.17, 15) is 18.0 Å². The van der Waals surface area contributed by atoms with Gasteiger partial charge in [0.05, 0.1) is 17.3 Å². The summed E-state index contributed by atoms with van der Waals surface area (Å²) >= 11 is 0. The second kappa shape index (κ2) is 7.57. The van der Waals surface area contributed by atoms with Crippen LogP contribution in [0.5, 0.6) is 0 Å². The van der Waals surface area contributed by atoms with Gasteiger partial charge < -0.3 is 15.5 Å². The summed E-state index contributed by atoms with van der Waals surface area (Å²) in [7, 11) is 0. The predicted molar refractivity (Wildman–Crippen MR) is 118 cm³/mol. The van der Waals surface area contributed by atoms with Gasteiger partial charge in [-0.05, 0) is 37.6 Å². The topological polar surface area (TPSA) is 83.0 Å². The van der Waals surface area contributed by atoms with Gasteiger partial charge in [-0.1, -0.05) is 12.1 Å². The molecule has 0 saturated carbocycles. The monoisotopic (exact) mass is 456 g/mol. The molecule has 0 unspecified atom stereocenters. The summed E-state index contributed by atoms with van der Waals surface area (Å²) in [4.78, 5) is 27.2. The minimum Gasteiger partial charge on any atom is -0.363 e. The van der Waals surface area contributed by atoms with Crippen molar-refractivity contribution in [2.75, 3.05) is 29.9 Å². The standard InChI is InChI=1S/C23H23F3N6O/c1-13(15-4-3-5-16(6-15)23(24,25)26)29-21-17-7-19(27-9-18(17)30-14(2)31-21)32-11-22(12-32)8-20(33)28-10-22/h3-7,9,13H,8,10-12H2,1-2H3,(H,28,33)(H,29,30,31)/t13-/m1/s1. The summed E-state index contributed by atoms with van der Waals surface area (Å²) in [6, 6.07) is 6.76. The van der Waals surface area contributed by atoms with Crippen molar-refractivity contribution in [1.82, 2.24) is 20.3 Å². The number of nitrogens with zero attached hydrogens (tertiary/aromatic N) is 4. The number of hydrogen-bond acceptors (Lipinski definition) is 6. The summed E-state index contributed by atoms with van der Waals surface area (Å²) in [6.07, 6.45) is -2.19. The van der Waals surface area contributed by atoms with Crippen molar-refractivity contribution in [3.8, 4) is 0 Å². The molecule has 2 fully saturated rings. The van der Waals surface area contributed by atoms with Crippen LogP contribution in [0.3, 0.4) is 0 Å². The van der Waals surface area contributed by atoms with Gasteiger partial charge in [0.1, 0.15) is 17.5 Å². The van der Waals surface area contributed by atoms with E-state index in [1.165, 1.54) is 6.07 Å². The van der Waals surface area contributed by atoms with Crippen LogP contribution in [0.15, 0.2) is 36.5 Å². The van der Waals surface area contributed by atoms with Gasteiger partial charge in [-0.3, -0.25) is 4.79 Å². The highest BCUT2D eigenvalue weighted by Gasteiger charge is 2.48. The molecule has 7 nitrogen and oxygen atoms in total. The Hall–Kier alpha value is -3.43. The van der Waals surface area contributed by atoms with Gasteiger partial charge in [0.15, 0.2) is 0 Å². The normalized spacial score (nSPS) is 18.3. The predicted octanol–water partition coefficient (Wildman–Crippen LogP) is 3.85. The SMILES string of the molecule is Cc1nc(N[C@H](C)c2cccc(C(F)(F)F)c2)c2cc(N3CC4(CNC(=O)C4)C3)ncc2n1. The smallest absolute Gasteiger partial charge is 0.363 e. The lowest BCUT2D eigenvalue weighted by atomic mass is 9.79. The van der Waals surface area contributed by atoms with E-state index in [1.807, 2.05) is 6.07 Å². The second-order valence-electron chi connectivity index (χ2n) is 8.98. The Bertz CT molecular complexity index is 1240. The van der Waals surface area contributed by atoms with Gasteiger partial charge in [-0.2, -0.15) is 13.2 Å². The molecule has 3 aromatic rings. The van der Waals surface area contributed by atoms with Crippen LogP contribution in [0.25, 0.3) is 10.9 Å². The number of aromatic nitrogens is 3. The largest absolute Gasteiger partial charge is 0.416 e. The lowest BCUT2D eigenvalue weighted by Crippen LogP contribution is -2.57. The van der Waals surface area contributed by atoms with E-state index in [4.69, 9.17) is 0 Å². The first-order chi connectivity index (χ1) is 15.6. The number of fused-ring (bicyclic) bond motifs is 1. The Morgan fingerprint density at radius 2 is 2.00 bits per heavy atom. The van der Waals surface area contributed by atoms with E-state index >= 15 is 0 Å². The number of benzene rings is 1. The van der Waals surface area contributed by atoms with Gasteiger partial charge in [0.25, 0.3) is 0 Å². The van der Waals surface area contributed by atoms with Crippen molar-refractivity contribution in [2.45, 2.75) is 32.5 Å². The van der Waals surface area contributed by atoms with Crippen molar-refractivity contribution >= 4 is 28.4 Å². The fourth-order valence-corrected chi connectivity index (χ4v) is 4.59. The number of carbonyl (C=O) groups is 1. The number of rotatable bonds is 4. The fourth-order valence-electron chi connectivity index (χ4n) is 4.59. The maximum atomic E-state index is 13.1. The van der Waals surface area contributed by atoms with Gasteiger partial charge >= 0.3 is 6.18 Å². The number of pyridine rings is 1. The van der Waals surface area contributed by atoms with Gasteiger partial charge in [0.2, 0.25) is 5.91 Å². The van der Waals surface area contributed by atoms with Crippen LogP contribution in [0.2, 0.25) is 0 Å². The molecule has 0 bridgehead atoms. The third-order valence-corrected chi connectivity index (χ3v) is 6.32. The van der Waals surface area contributed by atoms with E-state index in [0.29, 0.717) is 35.7 Å². The van der Waals surface area contributed by atoms with Crippen LogP contribution in [0.1, 0.15) is 36.3 Å². The molecule has 1 atom stereocenters. The van der Waals surface area contributed by atoms with Crippen LogP contribution in [-0.4, -0.2) is 40.5 Å². The molecule has 0 aliphatic carbocycles. The molecule has 4 heterocycles. The Kier molecular flexibility index (Phi) is 4.91. The molecule has 5 rings (SSSR count). The molecule has 1 amide bonds. The number of aryl methyl sites for hydroxylation is 1. The third-order valence-electron chi connectivity index (χ3n) is 6.32. The van der Waals surface area contributed by atoms with Gasteiger partial charge in [-0.25, -0.2) is 15.0 Å². The third kappa shape index (κ3) is 4.05. The zero-order valence-corrected chi connectivity index (χ0v) is 18.2. The molecule has 0 radical (unpaired) electrons. The Balaban J connectivity index is 1.42. The van der Waals surface area contributed by atoms with E-state index in [1.54, 1.807) is 26.1 Å². The Morgan fingerprint density at radius 3 is 2.70 bits per heavy atom. The summed E-state index contributed by atoms with van der Waals surface area (Å²) in [5.74, 6) is 1.92. The minimum absolute atomic E-state index is 0.0312. The van der Waals surface area contributed by atoms with Crippen LogP contribution >= 0.6 is 0 Å². The molecule has 1 spiro atoms. The Morgan fingerprint density at radius 1 is 1.21 bits per heavy atom. The average molecular weight is 456 g/mol. The maximum Gasteiger partial charge on any atom is 0.416 e. The van der Waals surface area contributed by atoms with Crippen molar-refractivity contribution in [3.05, 3.63) is 53.5 Å². The first kappa shape index (κ1) is 21.4. The summed E-state index contributed by atoms with van der Waals surface area (Å²) in [5.41, 5.74) is 0.441. The lowest BCUT2D eigenvalue weighted by molar-refractivity contribution is -0.137. The fraction of sp³-hybridized carbons (Fsp3) is 0.391. The van der Waals surface area contributed by atoms with Crippen LogP contribution in [0.4, 0.5) is 24.8 Å². The molecule has 2 saturated heterocycles. The highest BCUT2D eigenvalue weighted by Crippen LogP contribution is 2.40. The van der Waals surface area contributed by atoms with Gasteiger partial charge in [0, 0.05) is 42.9 Å². The average Bonchev–Trinajstić information content (AvgIpc) is 3.14. The zero-order chi connectivity index (χ0) is 23.4. The van der Waals surface area contributed by atoms with E-state index in [-0.39, 0.29) is 11.3 Å². The van der Waals surface area contributed by atoms with E-state index < -0.39 is 17.8 Å². The van der Waals surface area contributed by atoms with Crippen molar-refractivity contribution < 1.29 is 18.0 Å². The molecule has 10 heteroatoms. The molecular formula is C23H23F3N6O. The molecule has 2 aliphatic heterocycles. The number of carbonyl (C=O) groups excluding carboxylic acids is 1. The number of hydrogen-bond donors (Lipinski definition) is 2. The number of amides is 1. The molecule has 172 valence electrons. The minimum atomic E-state index is -4.40. The lowest BCUT2D eigenvalue weighted by Gasteiger charge is -2.47. The number of nitrogens with one attached hydrogen (secondary N) is 2.